The first kappa shape index (κ1) is 30.4. The SMILES string of the molecule is CC(C)OC(=O)CN1C=C(C(=O)N[C@@H](Cc2ccccc2)[C@H](O)CNC2CC2)C(C)C(C(=O)OC(C)(C)C)=C1. The Morgan fingerprint density at radius 3 is 2.31 bits per heavy atom. The van der Waals surface area contributed by atoms with E-state index < -0.39 is 41.5 Å². The lowest BCUT2D eigenvalue weighted by Crippen LogP contribution is -2.50. The van der Waals surface area contributed by atoms with Gasteiger partial charge in [-0.3, -0.25) is 9.59 Å². The Kier molecular flexibility index (Phi) is 10.3. The second kappa shape index (κ2) is 13.3. The predicted octanol–water partition coefficient (Wildman–Crippen LogP) is 2.84. The predicted molar refractivity (Wildman–Crippen MR) is 148 cm³/mol. The van der Waals surface area contributed by atoms with Crippen molar-refractivity contribution >= 4 is 17.8 Å². The van der Waals surface area contributed by atoms with Gasteiger partial charge in [-0.25, -0.2) is 4.79 Å². The number of amides is 1. The molecule has 214 valence electrons. The number of benzene rings is 1. The Balaban J connectivity index is 1.84. The van der Waals surface area contributed by atoms with Gasteiger partial charge in [-0.2, -0.15) is 0 Å². The smallest absolute Gasteiger partial charge is 0.336 e. The summed E-state index contributed by atoms with van der Waals surface area (Å²) in [5.74, 6) is -2.08. The molecule has 1 unspecified atom stereocenters. The number of rotatable bonds is 12. The van der Waals surface area contributed by atoms with Gasteiger partial charge in [0, 0.05) is 36.5 Å². The number of carbonyl (C=O) groups is 3. The molecule has 0 saturated heterocycles. The molecular weight excluding hydrogens is 498 g/mol. The molecular formula is C30H43N3O6. The van der Waals surface area contributed by atoms with Crippen LogP contribution < -0.4 is 10.6 Å². The monoisotopic (exact) mass is 541 g/mol. The third-order valence-electron chi connectivity index (χ3n) is 6.39. The molecule has 0 aromatic heterocycles. The minimum absolute atomic E-state index is 0.171. The number of nitrogens with zero attached hydrogens (tertiary/aromatic N) is 1. The van der Waals surface area contributed by atoms with Gasteiger partial charge in [0.2, 0.25) is 5.91 Å². The summed E-state index contributed by atoms with van der Waals surface area (Å²) in [6, 6.07) is 9.49. The Bertz CT molecular complexity index is 1070. The van der Waals surface area contributed by atoms with E-state index in [-0.39, 0.29) is 23.8 Å². The Morgan fingerprint density at radius 1 is 1.08 bits per heavy atom. The van der Waals surface area contributed by atoms with Crippen molar-refractivity contribution in [2.24, 2.45) is 5.92 Å². The number of aliphatic hydroxyl groups is 1. The molecule has 3 atom stereocenters. The molecule has 9 nitrogen and oxygen atoms in total. The minimum Gasteiger partial charge on any atom is -0.462 e. The number of esters is 2. The van der Waals surface area contributed by atoms with Gasteiger partial charge < -0.3 is 30.1 Å². The van der Waals surface area contributed by atoms with Crippen LogP contribution in [-0.4, -0.2) is 70.8 Å². The van der Waals surface area contributed by atoms with Crippen molar-refractivity contribution in [3.63, 3.8) is 0 Å². The third-order valence-corrected chi connectivity index (χ3v) is 6.39. The molecule has 1 fully saturated rings. The van der Waals surface area contributed by atoms with Crippen LogP contribution in [0.3, 0.4) is 0 Å². The molecule has 0 radical (unpaired) electrons. The molecule has 1 amide bonds. The van der Waals surface area contributed by atoms with Crippen molar-refractivity contribution in [1.82, 2.24) is 15.5 Å². The van der Waals surface area contributed by atoms with E-state index in [1.807, 2.05) is 30.3 Å². The van der Waals surface area contributed by atoms with Gasteiger partial charge in [0.15, 0.2) is 0 Å². The summed E-state index contributed by atoms with van der Waals surface area (Å²) in [5.41, 5.74) is 0.787. The van der Waals surface area contributed by atoms with Crippen LogP contribution in [0.4, 0.5) is 0 Å². The van der Waals surface area contributed by atoms with E-state index in [9.17, 15) is 19.5 Å². The van der Waals surface area contributed by atoms with Crippen molar-refractivity contribution in [2.75, 3.05) is 13.1 Å². The highest BCUT2D eigenvalue weighted by Gasteiger charge is 2.34. The van der Waals surface area contributed by atoms with Crippen LogP contribution in [0.5, 0.6) is 0 Å². The average Bonchev–Trinajstić information content (AvgIpc) is 3.66. The summed E-state index contributed by atoms with van der Waals surface area (Å²) in [7, 11) is 0. The van der Waals surface area contributed by atoms with E-state index in [0.29, 0.717) is 19.0 Å². The van der Waals surface area contributed by atoms with Gasteiger partial charge >= 0.3 is 11.9 Å². The zero-order chi connectivity index (χ0) is 28.7. The van der Waals surface area contributed by atoms with E-state index >= 15 is 0 Å². The molecule has 0 spiro atoms. The van der Waals surface area contributed by atoms with Gasteiger partial charge in [-0.15, -0.1) is 0 Å². The summed E-state index contributed by atoms with van der Waals surface area (Å²) in [6.07, 6.45) is 4.57. The normalized spacial score (nSPS) is 19.1. The first-order valence-electron chi connectivity index (χ1n) is 13.7. The highest BCUT2D eigenvalue weighted by atomic mass is 16.6. The molecule has 1 aromatic rings. The van der Waals surface area contributed by atoms with Crippen LogP contribution in [0, 0.1) is 5.92 Å². The van der Waals surface area contributed by atoms with Crippen LogP contribution in [0.2, 0.25) is 0 Å². The van der Waals surface area contributed by atoms with Crippen molar-refractivity contribution < 1.29 is 29.0 Å². The van der Waals surface area contributed by atoms with Crippen molar-refractivity contribution in [3.05, 3.63) is 59.4 Å². The standard InChI is InChI=1S/C30H43N3O6/c1-19(2)38-27(35)18-33-16-23(20(3)24(17-33)29(37)39-30(4,5)6)28(36)32-25(14-21-10-8-7-9-11-21)26(34)15-31-22-12-13-22/h7-11,16-17,19-20,22,25-26,31,34H,12-15,18H2,1-6H3,(H,32,36)/t20?,25-,26+/m0/s1. The minimum atomic E-state index is -0.827. The van der Waals surface area contributed by atoms with Crippen LogP contribution >= 0.6 is 0 Å². The fourth-order valence-electron chi connectivity index (χ4n) is 4.27. The maximum absolute atomic E-state index is 13.7. The van der Waals surface area contributed by atoms with Gasteiger partial charge in [0.1, 0.15) is 12.1 Å². The molecule has 3 rings (SSSR count). The van der Waals surface area contributed by atoms with E-state index in [4.69, 9.17) is 9.47 Å². The summed E-state index contributed by atoms with van der Waals surface area (Å²) >= 11 is 0. The van der Waals surface area contributed by atoms with Gasteiger partial charge in [-0.05, 0) is 59.4 Å². The first-order chi connectivity index (χ1) is 18.3. The van der Waals surface area contributed by atoms with E-state index in [1.54, 1.807) is 47.7 Å². The number of carbonyl (C=O) groups excluding carboxylic acids is 3. The van der Waals surface area contributed by atoms with E-state index in [2.05, 4.69) is 10.6 Å². The molecule has 1 aromatic carbocycles. The number of hydrogen-bond donors (Lipinski definition) is 3. The summed E-state index contributed by atoms with van der Waals surface area (Å²) in [5, 5.41) is 17.4. The Labute approximate surface area is 231 Å². The molecule has 1 aliphatic carbocycles. The molecule has 1 saturated carbocycles. The average molecular weight is 542 g/mol. The maximum Gasteiger partial charge on any atom is 0.336 e. The molecule has 9 heteroatoms. The lowest BCUT2D eigenvalue weighted by Gasteiger charge is -2.31. The van der Waals surface area contributed by atoms with E-state index in [0.717, 1.165) is 18.4 Å². The number of hydrogen-bond acceptors (Lipinski definition) is 8. The van der Waals surface area contributed by atoms with Gasteiger partial charge in [-0.1, -0.05) is 37.3 Å². The number of aliphatic hydroxyl groups excluding tert-OH is 1. The number of nitrogens with one attached hydrogen (secondary N) is 2. The van der Waals surface area contributed by atoms with Crippen molar-refractivity contribution in [1.29, 1.82) is 0 Å². The second-order valence-corrected chi connectivity index (χ2v) is 11.6. The zero-order valence-electron chi connectivity index (χ0n) is 23.9. The van der Waals surface area contributed by atoms with Gasteiger partial charge in [0.25, 0.3) is 0 Å². The largest absolute Gasteiger partial charge is 0.462 e. The number of ether oxygens (including phenoxy) is 2. The lowest BCUT2D eigenvalue weighted by atomic mass is 9.89. The summed E-state index contributed by atoms with van der Waals surface area (Å²) in [4.78, 5) is 40.7. The Hall–Kier alpha value is -3.17. The van der Waals surface area contributed by atoms with Crippen LogP contribution in [0.1, 0.15) is 59.9 Å². The van der Waals surface area contributed by atoms with Crippen molar-refractivity contribution in [2.45, 2.75) is 90.7 Å². The highest BCUT2D eigenvalue weighted by molar-refractivity contribution is 5.99. The van der Waals surface area contributed by atoms with Crippen LogP contribution in [-0.2, 0) is 30.3 Å². The maximum atomic E-state index is 13.7. The Morgan fingerprint density at radius 2 is 1.72 bits per heavy atom. The second-order valence-electron chi connectivity index (χ2n) is 11.6. The third kappa shape index (κ3) is 9.82. The molecule has 3 N–H and O–H groups in total. The molecule has 2 aliphatic rings. The van der Waals surface area contributed by atoms with Gasteiger partial charge in [0.05, 0.1) is 23.8 Å². The van der Waals surface area contributed by atoms with Crippen molar-refractivity contribution in [3.8, 4) is 0 Å². The topological polar surface area (TPSA) is 117 Å². The fraction of sp³-hybridized carbons (Fsp3) is 0.567. The highest BCUT2D eigenvalue weighted by Crippen LogP contribution is 2.29. The van der Waals surface area contributed by atoms with E-state index in [1.165, 1.54) is 11.1 Å². The molecule has 39 heavy (non-hydrogen) atoms. The fourth-order valence-corrected chi connectivity index (χ4v) is 4.27. The molecule has 1 heterocycles. The quantitative estimate of drug-likeness (QED) is 0.346. The molecule has 0 bridgehead atoms. The summed E-state index contributed by atoms with van der Waals surface area (Å²) < 4.78 is 10.9. The lowest BCUT2D eigenvalue weighted by molar-refractivity contribution is -0.151. The van der Waals surface area contributed by atoms with Crippen LogP contribution in [0.25, 0.3) is 0 Å². The summed E-state index contributed by atoms with van der Waals surface area (Å²) in [6.45, 7) is 10.7. The first-order valence-corrected chi connectivity index (χ1v) is 13.7. The zero-order valence-corrected chi connectivity index (χ0v) is 23.9. The molecule has 1 aliphatic heterocycles. The van der Waals surface area contributed by atoms with Crippen LogP contribution in [0.15, 0.2) is 53.9 Å².